The van der Waals surface area contributed by atoms with Gasteiger partial charge in [0.25, 0.3) is 7.82 Å². The summed E-state index contributed by atoms with van der Waals surface area (Å²) in [5, 5.41) is 19.1. The van der Waals surface area contributed by atoms with E-state index in [1.165, 1.54) is 89.9 Å². The molecule has 0 rings (SSSR count). The lowest BCUT2D eigenvalue weighted by atomic mass is 10.0. The first-order valence-electron chi connectivity index (χ1n) is 22.6. The third-order valence-corrected chi connectivity index (χ3v) is 9.41. The van der Waals surface area contributed by atoms with Gasteiger partial charge in [-0.2, -0.15) is 0 Å². The summed E-state index contributed by atoms with van der Waals surface area (Å²) in [5.41, 5.74) is 0. The Balaban J connectivity index is 0. The number of phosphoric ester groups is 1. The van der Waals surface area contributed by atoms with Crippen molar-refractivity contribution < 1.29 is 54.6 Å². The molecule has 11 nitrogen and oxygen atoms in total. The molecule has 0 aliphatic heterocycles. The molecule has 3 atom stereocenters. The molecule has 0 aromatic rings. The van der Waals surface area contributed by atoms with Crippen LogP contribution in [0.3, 0.4) is 0 Å². The number of carbonyl (C=O) groups excluding carboxylic acids is 2. The fraction of sp³-hybridized carbons (Fsp3) is 0.900. The van der Waals surface area contributed by atoms with E-state index in [0.717, 1.165) is 64.2 Å². The van der Waals surface area contributed by atoms with Crippen LogP contribution in [0.25, 0.3) is 0 Å². The number of aliphatic hydroxyl groups is 2. The fourth-order valence-electron chi connectivity index (χ4n) is 5.57. The zero-order chi connectivity index (χ0) is 42.2. The van der Waals surface area contributed by atoms with Crippen LogP contribution in [0.5, 0.6) is 0 Å². The van der Waals surface area contributed by atoms with Crippen molar-refractivity contribution in [3.8, 4) is 0 Å². The fourth-order valence-corrected chi connectivity index (χ4v) is 6.17. The topological polar surface area (TPSA) is 188 Å². The van der Waals surface area contributed by atoms with Crippen LogP contribution in [0, 0.1) is 0 Å². The first-order chi connectivity index (χ1) is 26.5. The third kappa shape index (κ3) is 38.4. The van der Waals surface area contributed by atoms with E-state index in [1.807, 2.05) is 0 Å². The van der Waals surface area contributed by atoms with Crippen LogP contribution in [-0.4, -0.2) is 60.7 Å². The number of phosphoric acid groups is 1. The van der Waals surface area contributed by atoms with Crippen LogP contribution in [0.4, 0.5) is 0 Å². The van der Waals surface area contributed by atoms with Crippen molar-refractivity contribution in [2.75, 3.05) is 26.3 Å². The summed E-state index contributed by atoms with van der Waals surface area (Å²) in [5.74, 6) is -1.26. The second kappa shape index (κ2) is 39.4. The van der Waals surface area contributed by atoms with Gasteiger partial charge in [-0.1, -0.05) is 154 Å². The summed E-state index contributed by atoms with van der Waals surface area (Å²) < 4.78 is 68.4. The lowest BCUT2D eigenvalue weighted by Crippen LogP contribution is -2.30. The van der Waals surface area contributed by atoms with Gasteiger partial charge < -0.3 is 39.8 Å². The molecule has 6 N–H and O–H groups in total. The van der Waals surface area contributed by atoms with Gasteiger partial charge in [0.05, 0.1) is 26.6 Å². The van der Waals surface area contributed by atoms with Crippen LogP contribution < -0.4 is 11.0 Å². The third-order valence-electron chi connectivity index (χ3n) is 8.63. The van der Waals surface area contributed by atoms with Crippen LogP contribution in [0.2, 0.25) is 0 Å². The molecule has 0 heterocycles. The van der Waals surface area contributed by atoms with Gasteiger partial charge in [0, 0.05) is 12.8 Å². The van der Waals surface area contributed by atoms with Gasteiger partial charge in [-0.3, -0.25) is 14.2 Å². The molecule has 0 spiro atoms. The molecule has 12 heteroatoms. The van der Waals surface area contributed by atoms with Crippen molar-refractivity contribution in [3.05, 3.63) is 12.2 Å². The summed E-state index contributed by atoms with van der Waals surface area (Å²) in [6.45, 7) is -4.98. The summed E-state index contributed by atoms with van der Waals surface area (Å²) in [6.07, 6.45) is 28.2. The van der Waals surface area contributed by atoms with Gasteiger partial charge in [-0.05, 0) is 38.5 Å². The number of rotatable bonds is 39. The van der Waals surface area contributed by atoms with Gasteiger partial charge in [0.2, 0.25) is 0 Å². The first kappa shape index (κ1) is 43.4. The van der Waals surface area contributed by atoms with Crippen molar-refractivity contribution >= 4 is 19.8 Å². The Morgan fingerprint density at radius 1 is 0.673 bits per heavy atom. The number of quaternary nitrogens is 1. The second-order valence-corrected chi connectivity index (χ2v) is 14.9. The highest BCUT2D eigenvalue weighted by Crippen LogP contribution is 2.38. The highest BCUT2D eigenvalue weighted by Gasteiger charge is 2.21. The number of esters is 2. The predicted octanol–water partition coefficient (Wildman–Crippen LogP) is 10.2. The molecule has 0 amide bonds. The maximum atomic E-state index is 12.6. The Morgan fingerprint density at radius 2 is 1.08 bits per heavy atom. The minimum atomic E-state index is -5.74. The Labute approximate surface area is 324 Å². The minimum absolute atomic E-state index is 0. The molecule has 0 radical (unpaired) electrons. The lowest BCUT2D eigenvalue weighted by Gasteiger charge is -2.26. The lowest BCUT2D eigenvalue weighted by molar-refractivity contribution is -0.230. The first-order valence-corrected chi connectivity index (χ1v) is 21.6. The SMILES string of the molecule is [2H]C([2H])(O)C([2H])(O)C([2H])([2H])OP(=O)([O-])OC[C@@H](COC(=O)CCCCCCCCCCCCCCC)OC(=O)CCCCCCC/C=C/CCCCCCCC.[NH4+]. The molecule has 52 heavy (non-hydrogen) atoms. The van der Waals surface area contributed by atoms with Crippen molar-refractivity contribution in [1.29, 1.82) is 0 Å². The molecular weight excluding hydrogens is 685 g/mol. The largest absolute Gasteiger partial charge is 0.756 e. The van der Waals surface area contributed by atoms with Crippen LogP contribution >= 0.6 is 7.82 Å². The zero-order valence-electron chi connectivity index (χ0n) is 38.1. The molecule has 0 saturated heterocycles. The number of unbranched alkanes of at least 4 members (excludes halogenated alkanes) is 23. The monoisotopic (exact) mass is 771 g/mol. The molecule has 0 fully saturated rings. The number of allylic oxidation sites excluding steroid dienone is 2. The Morgan fingerprint density at radius 3 is 1.52 bits per heavy atom. The van der Waals surface area contributed by atoms with Crippen LogP contribution in [0.1, 0.15) is 200 Å². The maximum absolute atomic E-state index is 12.6. The van der Waals surface area contributed by atoms with Crippen molar-refractivity contribution in [2.45, 2.75) is 206 Å². The number of hydrogen-bond acceptors (Lipinski definition) is 10. The summed E-state index contributed by atoms with van der Waals surface area (Å²) in [6, 6.07) is 0. The second-order valence-electron chi connectivity index (χ2n) is 13.5. The molecule has 2 unspecified atom stereocenters. The highest BCUT2D eigenvalue weighted by atomic mass is 31.2. The standard InChI is InChI=1S/C40H77O10P.H3N/c1-3-5-7-9-11-13-15-17-18-20-22-24-26-28-30-32-40(44)50-38(36-49-51(45,46)48-34-37(42)33-41)35-47-39(43)31-29-27-25-23-21-19-16-14-12-10-8-6-4-2;/h17-18,37-38,41-42H,3-16,19-36H2,1-2H3,(H,45,46);1H3/b18-17+;/t37?,38-;/m1./s1/i33D2,34D2,37D;. The van der Waals surface area contributed by atoms with E-state index in [-0.39, 0.29) is 19.0 Å². The van der Waals surface area contributed by atoms with Gasteiger partial charge in [-0.25, -0.2) is 0 Å². The van der Waals surface area contributed by atoms with Gasteiger partial charge >= 0.3 is 11.9 Å². The van der Waals surface area contributed by atoms with Crippen LogP contribution in [0.15, 0.2) is 12.2 Å². The van der Waals surface area contributed by atoms with Crippen molar-refractivity contribution in [2.24, 2.45) is 0 Å². The van der Waals surface area contributed by atoms with E-state index in [4.69, 9.17) is 16.3 Å². The normalized spacial score (nSPS) is 16.4. The predicted molar refractivity (Wildman–Crippen MR) is 209 cm³/mol. The van der Waals surface area contributed by atoms with E-state index in [9.17, 15) is 29.3 Å². The van der Waals surface area contributed by atoms with E-state index in [1.54, 1.807) is 0 Å². The smallest absolute Gasteiger partial charge is 0.306 e. The van der Waals surface area contributed by atoms with E-state index in [2.05, 4.69) is 35.0 Å². The molecule has 310 valence electrons. The Hall–Kier alpha value is -1.33. The summed E-state index contributed by atoms with van der Waals surface area (Å²) >= 11 is 0. The van der Waals surface area contributed by atoms with E-state index >= 15 is 0 Å². The minimum Gasteiger partial charge on any atom is -0.756 e. The van der Waals surface area contributed by atoms with Crippen LogP contribution in [-0.2, 0) is 32.7 Å². The molecule has 0 saturated carbocycles. The van der Waals surface area contributed by atoms with Gasteiger partial charge in [-0.15, -0.1) is 0 Å². The average molecular weight is 771 g/mol. The molecule has 0 bridgehead atoms. The summed E-state index contributed by atoms with van der Waals surface area (Å²) in [7, 11) is -5.74. The number of carbonyl (C=O) groups is 2. The zero-order valence-corrected chi connectivity index (χ0v) is 33.9. The van der Waals surface area contributed by atoms with E-state index < -0.39 is 58.3 Å². The van der Waals surface area contributed by atoms with Gasteiger partial charge in [0.15, 0.2) is 6.10 Å². The molecule has 0 aromatic heterocycles. The van der Waals surface area contributed by atoms with Crippen molar-refractivity contribution in [3.63, 3.8) is 0 Å². The Kier molecular flexibility index (Phi) is 32.9. The molecular formula is C40H80NO10P. The van der Waals surface area contributed by atoms with Gasteiger partial charge in [0.1, 0.15) is 12.7 Å². The quantitative estimate of drug-likeness (QED) is 0.0235. The Bertz CT molecular complexity index is 1080. The molecule has 0 aliphatic carbocycles. The number of ether oxygens (including phenoxy) is 2. The maximum Gasteiger partial charge on any atom is 0.306 e. The number of hydrogen-bond donors (Lipinski definition) is 3. The highest BCUT2D eigenvalue weighted by molar-refractivity contribution is 7.45. The van der Waals surface area contributed by atoms with E-state index in [0.29, 0.717) is 12.8 Å². The average Bonchev–Trinajstić information content (AvgIpc) is 3.12. The van der Waals surface area contributed by atoms with Crippen molar-refractivity contribution in [1.82, 2.24) is 6.15 Å². The molecule has 0 aliphatic rings. The molecule has 0 aromatic carbocycles. The summed E-state index contributed by atoms with van der Waals surface area (Å²) in [4.78, 5) is 37.5.